The summed E-state index contributed by atoms with van der Waals surface area (Å²) >= 11 is 0. The van der Waals surface area contributed by atoms with Crippen LogP contribution in [0.15, 0.2) is 6.07 Å². The summed E-state index contributed by atoms with van der Waals surface area (Å²) in [4.78, 5) is 13.8. The Morgan fingerprint density at radius 2 is 2.33 bits per heavy atom. The molecule has 61 valence electrons. The fourth-order valence-corrected chi connectivity index (χ4v) is 0.694. The number of aromatic carboxylic acids is 1. The number of hydrogen-bond donors (Lipinski definition) is 1. The Labute approximate surface area is 95.1 Å². The summed E-state index contributed by atoms with van der Waals surface area (Å²) in [6.45, 7) is 1.57. The SMILES string of the molecule is Cc1c(N)c[c-]nc1C(=O)[O-].[Y]. The first-order valence-electron chi connectivity index (χ1n) is 2.97. The smallest absolute Gasteiger partial charge is 0.0333 e. The van der Waals surface area contributed by atoms with Crippen LogP contribution >= 0.6 is 0 Å². The van der Waals surface area contributed by atoms with E-state index in [2.05, 4.69) is 11.2 Å². The van der Waals surface area contributed by atoms with Crippen molar-refractivity contribution in [2.75, 3.05) is 5.73 Å². The normalized spacial score (nSPS) is 8.75. The van der Waals surface area contributed by atoms with Crippen LogP contribution in [0.1, 0.15) is 16.1 Å². The Morgan fingerprint density at radius 1 is 1.75 bits per heavy atom. The van der Waals surface area contributed by atoms with E-state index >= 15 is 0 Å². The van der Waals surface area contributed by atoms with Gasteiger partial charge in [-0.2, -0.15) is 0 Å². The second-order valence-electron chi connectivity index (χ2n) is 2.10. The van der Waals surface area contributed by atoms with Gasteiger partial charge in [0.15, 0.2) is 0 Å². The number of nitrogens with two attached hydrogens (primary N) is 1. The molecule has 0 atom stereocenters. The maximum absolute atomic E-state index is 10.3. The van der Waals surface area contributed by atoms with Crippen molar-refractivity contribution in [3.63, 3.8) is 0 Å². The monoisotopic (exact) mass is 239 g/mol. The average Bonchev–Trinajstić information content (AvgIpc) is 1.94. The maximum Gasteiger partial charge on any atom is 0.0333 e. The van der Waals surface area contributed by atoms with Crippen LogP contribution in [-0.4, -0.2) is 11.0 Å². The van der Waals surface area contributed by atoms with Crippen LogP contribution < -0.4 is 10.8 Å². The molecular formula is C7H6N2O2Y-2. The number of carboxylic acid groups (broad SMARTS) is 1. The molecule has 0 aromatic carbocycles. The maximum atomic E-state index is 10.3. The molecule has 1 aromatic rings. The third-order valence-electron chi connectivity index (χ3n) is 1.38. The number of carbonyl (C=O) groups excluding carboxylic acids is 1. The number of aromatic nitrogens is 1. The zero-order chi connectivity index (χ0) is 8.43. The fourth-order valence-electron chi connectivity index (χ4n) is 0.694. The van der Waals surface area contributed by atoms with E-state index < -0.39 is 5.97 Å². The molecule has 0 fully saturated rings. The first-order valence-corrected chi connectivity index (χ1v) is 2.97. The van der Waals surface area contributed by atoms with Gasteiger partial charge >= 0.3 is 0 Å². The van der Waals surface area contributed by atoms with Crippen molar-refractivity contribution in [1.29, 1.82) is 0 Å². The van der Waals surface area contributed by atoms with Crippen LogP contribution in [0.25, 0.3) is 0 Å². The largest absolute Gasteiger partial charge is 0.557 e. The summed E-state index contributed by atoms with van der Waals surface area (Å²) in [7, 11) is 0. The summed E-state index contributed by atoms with van der Waals surface area (Å²) in [5, 5.41) is 10.3. The van der Waals surface area contributed by atoms with Crippen molar-refractivity contribution in [2.24, 2.45) is 0 Å². The Morgan fingerprint density at radius 3 is 2.75 bits per heavy atom. The molecule has 4 nitrogen and oxygen atoms in total. The average molecular weight is 239 g/mol. The number of rotatable bonds is 1. The number of pyridine rings is 1. The molecule has 0 aliphatic rings. The second kappa shape index (κ2) is 4.53. The van der Waals surface area contributed by atoms with Crippen LogP contribution in [0.5, 0.6) is 0 Å². The molecule has 0 saturated heterocycles. The van der Waals surface area contributed by atoms with E-state index in [0.717, 1.165) is 0 Å². The topological polar surface area (TPSA) is 79.0 Å². The number of nitrogens with zero attached hydrogens (tertiary/aromatic N) is 1. The minimum absolute atomic E-state index is 0. The van der Waals surface area contributed by atoms with E-state index in [0.29, 0.717) is 11.3 Å². The van der Waals surface area contributed by atoms with E-state index in [1.807, 2.05) is 0 Å². The van der Waals surface area contributed by atoms with E-state index in [-0.39, 0.29) is 38.4 Å². The number of anilines is 1. The molecule has 1 rings (SSSR count). The molecule has 0 saturated carbocycles. The van der Waals surface area contributed by atoms with Gasteiger partial charge < -0.3 is 20.6 Å². The molecule has 0 bridgehead atoms. The second-order valence-corrected chi connectivity index (χ2v) is 2.10. The molecule has 0 spiro atoms. The molecule has 2 N–H and O–H groups in total. The fraction of sp³-hybridized carbons (Fsp3) is 0.143. The van der Waals surface area contributed by atoms with E-state index in [4.69, 9.17) is 5.73 Å². The van der Waals surface area contributed by atoms with Gasteiger partial charge in [-0.15, -0.1) is 11.6 Å². The summed E-state index contributed by atoms with van der Waals surface area (Å²) in [6, 6.07) is 1.42. The number of carbonyl (C=O) groups is 1. The molecule has 0 aliphatic heterocycles. The van der Waals surface area contributed by atoms with Crippen molar-refractivity contribution >= 4 is 11.7 Å². The summed E-state index contributed by atoms with van der Waals surface area (Å²) in [5.74, 6) is -1.33. The van der Waals surface area contributed by atoms with E-state index in [9.17, 15) is 9.90 Å². The van der Waals surface area contributed by atoms with Gasteiger partial charge in [-0.25, -0.2) is 0 Å². The molecular weight excluding hydrogens is 233 g/mol. The van der Waals surface area contributed by atoms with Crippen LogP contribution in [0.3, 0.4) is 0 Å². The quantitative estimate of drug-likeness (QED) is 0.646. The van der Waals surface area contributed by atoms with E-state index in [1.54, 1.807) is 6.92 Å². The zero-order valence-electron chi connectivity index (χ0n) is 6.50. The van der Waals surface area contributed by atoms with Crippen molar-refractivity contribution in [3.05, 3.63) is 23.5 Å². The van der Waals surface area contributed by atoms with Gasteiger partial charge in [-0.1, -0.05) is 18.8 Å². The van der Waals surface area contributed by atoms with Crippen LogP contribution in [0, 0.1) is 13.1 Å². The van der Waals surface area contributed by atoms with Gasteiger partial charge in [-0.05, 0) is 5.69 Å². The minimum Gasteiger partial charge on any atom is -0.557 e. The van der Waals surface area contributed by atoms with Crippen LogP contribution in [0.2, 0.25) is 0 Å². The molecule has 12 heavy (non-hydrogen) atoms. The van der Waals surface area contributed by atoms with Crippen molar-refractivity contribution < 1.29 is 42.6 Å². The van der Waals surface area contributed by atoms with Crippen molar-refractivity contribution in [3.8, 4) is 0 Å². The molecule has 1 aromatic heterocycles. The summed E-state index contributed by atoms with van der Waals surface area (Å²) in [6.07, 6.45) is 2.36. The van der Waals surface area contributed by atoms with Gasteiger partial charge in [0, 0.05) is 38.7 Å². The van der Waals surface area contributed by atoms with Gasteiger partial charge in [0.1, 0.15) is 0 Å². The molecule has 5 heteroatoms. The molecule has 0 amide bonds. The Hall–Kier alpha value is -0.476. The first-order chi connectivity index (χ1) is 5.13. The Bertz CT molecular complexity index is 301. The van der Waals surface area contributed by atoms with E-state index in [1.165, 1.54) is 6.07 Å². The minimum atomic E-state index is -1.33. The number of carboxylic acids is 1. The van der Waals surface area contributed by atoms with Crippen molar-refractivity contribution in [1.82, 2.24) is 4.98 Å². The summed E-state index contributed by atoms with van der Waals surface area (Å²) in [5.41, 5.74) is 6.03. The van der Waals surface area contributed by atoms with Crippen molar-refractivity contribution in [2.45, 2.75) is 6.92 Å². The van der Waals surface area contributed by atoms with Gasteiger partial charge in [-0.3, -0.25) is 0 Å². The van der Waals surface area contributed by atoms with Gasteiger partial charge in [0.25, 0.3) is 0 Å². The third-order valence-corrected chi connectivity index (χ3v) is 1.38. The van der Waals surface area contributed by atoms with Crippen LogP contribution in [0.4, 0.5) is 5.69 Å². The van der Waals surface area contributed by atoms with Gasteiger partial charge in [0.05, 0.1) is 0 Å². The molecule has 0 unspecified atom stereocenters. The summed E-state index contributed by atoms with van der Waals surface area (Å²) < 4.78 is 0. The standard InChI is InChI=1S/C7H7N2O2.Y/c1-4-5(8)2-3-9-6(4)7(10)11;/h2H,1H3,(H2,8,9)(H,10,11);/q-1;/p-1. The predicted octanol–water partition coefficient (Wildman–Crippen LogP) is -0.867. The Kier molecular flexibility index (Phi) is 4.35. The van der Waals surface area contributed by atoms with Gasteiger partial charge in [0.2, 0.25) is 0 Å². The van der Waals surface area contributed by atoms with Crippen LogP contribution in [-0.2, 0) is 32.7 Å². The molecule has 1 radical (unpaired) electrons. The number of nitrogen functional groups attached to an aromatic ring is 1. The predicted molar refractivity (Wildman–Crippen MR) is 36.6 cm³/mol. The molecule has 1 heterocycles. The number of hydrogen-bond acceptors (Lipinski definition) is 4. The Balaban J connectivity index is 0.00000121. The zero-order valence-corrected chi connectivity index (χ0v) is 9.33. The third kappa shape index (κ3) is 2.25. The molecule has 0 aliphatic carbocycles. The first kappa shape index (κ1) is 11.5.